The number of sulfone groups is 1. The molecule has 1 atom stereocenters. The van der Waals surface area contributed by atoms with E-state index in [9.17, 15) is 18.0 Å². The number of rotatable bonds is 6. The highest BCUT2D eigenvalue weighted by molar-refractivity contribution is 7.90. The molecular formula is C13H18N2O5S. The van der Waals surface area contributed by atoms with Crippen LogP contribution in [-0.4, -0.2) is 50.5 Å². The highest BCUT2D eigenvalue weighted by Gasteiger charge is 2.23. The van der Waals surface area contributed by atoms with Crippen LogP contribution in [0.2, 0.25) is 0 Å². The van der Waals surface area contributed by atoms with Crippen molar-refractivity contribution in [3.8, 4) is 0 Å². The molecule has 0 saturated heterocycles. The van der Waals surface area contributed by atoms with Crippen LogP contribution < -0.4 is 10.6 Å². The van der Waals surface area contributed by atoms with E-state index < -0.39 is 27.8 Å². The molecule has 1 aromatic carbocycles. The molecule has 0 radical (unpaired) electrons. The van der Waals surface area contributed by atoms with Crippen LogP contribution in [0.3, 0.4) is 0 Å². The molecule has 0 spiro atoms. The molecule has 7 nitrogen and oxygen atoms in total. The molecule has 1 rings (SSSR count). The van der Waals surface area contributed by atoms with Gasteiger partial charge in [-0.2, -0.15) is 0 Å². The van der Waals surface area contributed by atoms with Gasteiger partial charge in [0.25, 0.3) is 0 Å². The number of amides is 1. The smallest absolute Gasteiger partial charge is 0.337 e. The van der Waals surface area contributed by atoms with Crippen molar-refractivity contribution in [1.82, 2.24) is 0 Å². The Kier molecular flexibility index (Phi) is 5.45. The Labute approximate surface area is 123 Å². The number of para-hydroxylation sites is 1. The minimum atomic E-state index is -3.21. The van der Waals surface area contributed by atoms with Crippen molar-refractivity contribution in [2.45, 2.75) is 12.5 Å². The van der Waals surface area contributed by atoms with Gasteiger partial charge in [-0.3, -0.25) is 4.79 Å². The monoisotopic (exact) mass is 314 g/mol. The molecule has 0 heterocycles. The predicted molar refractivity (Wildman–Crippen MR) is 79.1 cm³/mol. The first-order valence-corrected chi connectivity index (χ1v) is 8.22. The zero-order valence-electron chi connectivity index (χ0n) is 11.8. The summed E-state index contributed by atoms with van der Waals surface area (Å²) in [7, 11) is -1.80. The minimum absolute atomic E-state index is 0.0166. The maximum absolute atomic E-state index is 12.1. The van der Waals surface area contributed by atoms with Crippen LogP contribution in [0.25, 0.3) is 0 Å². The maximum Gasteiger partial charge on any atom is 0.337 e. The number of hydrogen-bond acceptors (Lipinski definition) is 5. The van der Waals surface area contributed by atoms with Crippen molar-refractivity contribution in [2.24, 2.45) is 5.73 Å². The summed E-state index contributed by atoms with van der Waals surface area (Å²) in [6.07, 6.45) is 1.05. The van der Waals surface area contributed by atoms with Crippen LogP contribution in [0, 0.1) is 0 Å². The second-order valence-electron chi connectivity index (χ2n) is 4.74. The number of hydrogen-bond donors (Lipinski definition) is 2. The number of carbonyl (C=O) groups is 2. The maximum atomic E-state index is 12.1. The Bertz CT molecular complexity index is 642. The lowest BCUT2D eigenvalue weighted by Crippen LogP contribution is -2.43. The van der Waals surface area contributed by atoms with E-state index in [4.69, 9.17) is 10.8 Å². The molecule has 116 valence electrons. The number of nitrogens with two attached hydrogens (primary N) is 1. The number of anilines is 1. The Balaban J connectivity index is 2.90. The summed E-state index contributed by atoms with van der Waals surface area (Å²) in [6.45, 7) is 0. The number of likely N-dealkylation sites (N-methyl/N-ethyl adjacent to an activating group) is 1. The molecular weight excluding hydrogens is 296 g/mol. The van der Waals surface area contributed by atoms with Gasteiger partial charge in [0, 0.05) is 13.3 Å². The molecule has 8 heteroatoms. The van der Waals surface area contributed by atoms with Gasteiger partial charge in [-0.25, -0.2) is 13.2 Å². The van der Waals surface area contributed by atoms with Gasteiger partial charge in [0.2, 0.25) is 5.91 Å². The van der Waals surface area contributed by atoms with Gasteiger partial charge in [-0.05, 0) is 18.6 Å². The Morgan fingerprint density at radius 1 is 1.33 bits per heavy atom. The largest absolute Gasteiger partial charge is 0.478 e. The summed E-state index contributed by atoms with van der Waals surface area (Å²) < 4.78 is 22.2. The van der Waals surface area contributed by atoms with Gasteiger partial charge in [-0.1, -0.05) is 12.1 Å². The predicted octanol–water partition coefficient (Wildman–Crippen LogP) is 0.110. The number of benzene rings is 1. The minimum Gasteiger partial charge on any atom is -0.478 e. The number of carbonyl (C=O) groups excluding carboxylic acids is 1. The van der Waals surface area contributed by atoms with Crippen molar-refractivity contribution in [3.63, 3.8) is 0 Å². The van der Waals surface area contributed by atoms with E-state index in [0.29, 0.717) is 0 Å². The van der Waals surface area contributed by atoms with Gasteiger partial charge in [0.05, 0.1) is 23.0 Å². The van der Waals surface area contributed by atoms with E-state index in [0.717, 1.165) is 11.2 Å². The van der Waals surface area contributed by atoms with Crippen molar-refractivity contribution in [3.05, 3.63) is 29.8 Å². The fourth-order valence-electron chi connectivity index (χ4n) is 1.78. The summed E-state index contributed by atoms with van der Waals surface area (Å²) in [5.74, 6) is -1.89. The second kappa shape index (κ2) is 6.68. The standard InChI is InChI=1S/C13H18N2O5S/c1-15(11-6-4-3-5-9(11)13(17)18)12(16)10(14)7-8-21(2,19)20/h3-6,10H,7-8,14H2,1-2H3,(H,17,18). The number of aromatic carboxylic acids is 1. The van der Waals surface area contributed by atoms with E-state index in [-0.39, 0.29) is 23.4 Å². The van der Waals surface area contributed by atoms with Crippen LogP contribution in [0.4, 0.5) is 5.69 Å². The quantitative estimate of drug-likeness (QED) is 0.769. The third kappa shape index (κ3) is 4.83. The van der Waals surface area contributed by atoms with Crippen LogP contribution >= 0.6 is 0 Å². The Morgan fingerprint density at radius 2 is 1.90 bits per heavy atom. The van der Waals surface area contributed by atoms with Crippen molar-refractivity contribution in [2.75, 3.05) is 24.0 Å². The normalized spacial score (nSPS) is 12.7. The van der Waals surface area contributed by atoms with Gasteiger partial charge in [0.1, 0.15) is 9.84 Å². The highest BCUT2D eigenvalue weighted by Crippen LogP contribution is 2.20. The fourth-order valence-corrected chi connectivity index (χ4v) is 2.46. The van der Waals surface area contributed by atoms with Gasteiger partial charge >= 0.3 is 5.97 Å². The summed E-state index contributed by atoms with van der Waals surface area (Å²) in [5, 5.41) is 9.10. The molecule has 0 aromatic heterocycles. The first kappa shape index (κ1) is 17.1. The molecule has 0 aliphatic rings. The average Bonchev–Trinajstić information content (AvgIpc) is 2.42. The lowest BCUT2D eigenvalue weighted by Gasteiger charge is -2.22. The van der Waals surface area contributed by atoms with E-state index in [1.807, 2.05) is 0 Å². The van der Waals surface area contributed by atoms with E-state index in [1.54, 1.807) is 12.1 Å². The SMILES string of the molecule is CN(C(=O)C(N)CCS(C)(=O)=O)c1ccccc1C(=O)O. The van der Waals surface area contributed by atoms with Crippen LogP contribution in [-0.2, 0) is 14.6 Å². The molecule has 3 N–H and O–H groups in total. The third-order valence-corrected chi connectivity index (χ3v) is 3.92. The Hall–Kier alpha value is -1.93. The fraction of sp³-hybridized carbons (Fsp3) is 0.385. The van der Waals surface area contributed by atoms with Crippen LogP contribution in [0.5, 0.6) is 0 Å². The molecule has 21 heavy (non-hydrogen) atoms. The molecule has 1 amide bonds. The van der Waals surface area contributed by atoms with E-state index in [1.165, 1.54) is 19.2 Å². The van der Waals surface area contributed by atoms with Crippen molar-refractivity contribution in [1.29, 1.82) is 0 Å². The molecule has 0 fully saturated rings. The Morgan fingerprint density at radius 3 is 2.43 bits per heavy atom. The molecule has 0 bridgehead atoms. The summed E-state index contributed by atoms with van der Waals surface area (Å²) in [4.78, 5) is 24.4. The van der Waals surface area contributed by atoms with Crippen molar-refractivity contribution >= 4 is 27.4 Å². The first-order valence-electron chi connectivity index (χ1n) is 6.16. The number of carboxylic acids is 1. The topological polar surface area (TPSA) is 118 Å². The zero-order chi connectivity index (χ0) is 16.2. The molecule has 0 aliphatic carbocycles. The zero-order valence-corrected chi connectivity index (χ0v) is 12.6. The lowest BCUT2D eigenvalue weighted by atomic mass is 10.1. The summed E-state index contributed by atoms with van der Waals surface area (Å²) >= 11 is 0. The molecule has 0 saturated carbocycles. The first-order chi connectivity index (χ1) is 9.63. The van der Waals surface area contributed by atoms with E-state index in [2.05, 4.69) is 0 Å². The second-order valence-corrected chi connectivity index (χ2v) is 7.00. The lowest BCUT2D eigenvalue weighted by molar-refractivity contribution is -0.119. The van der Waals surface area contributed by atoms with Gasteiger partial charge in [-0.15, -0.1) is 0 Å². The molecule has 1 aromatic rings. The molecule has 0 aliphatic heterocycles. The van der Waals surface area contributed by atoms with Gasteiger partial charge in [0.15, 0.2) is 0 Å². The highest BCUT2D eigenvalue weighted by atomic mass is 32.2. The van der Waals surface area contributed by atoms with Crippen molar-refractivity contribution < 1.29 is 23.1 Å². The van der Waals surface area contributed by atoms with Crippen LogP contribution in [0.1, 0.15) is 16.8 Å². The number of carboxylic acid groups (broad SMARTS) is 1. The third-order valence-electron chi connectivity index (χ3n) is 2.94. The number of nitrogens with zero attached hydrogens (tertiary/aromatic N) is 1. The summed E-state index contributed by atoms with van der Waals surface area (Å²) in [5.41, 5.74) is 5.87. The van der Waals surface area contributed by atoms with Crippen LogP contribution in [0.15, 0.2) is 24.3 Å². The van der Waals surface area contributed by atoms with Gasteiger partial charge < -0.3 is 15.7 Å². The van der Waals surface area contributed by atoms with E-state index >= 15 is 0 Å². The average molecular weight is 314 g/mol. The molecule has 1 unspecified atom stereocenters. The summed E-state index contributed by atoms with van der Waals surface area (Å²) in [6, 6.07) is 5.02.